The highest BCUT2D eigenvalue weighted by molar-refractivity contribution is 7.99. The summed E-state index contributed by atoms with van der Waals surface area (Å²) in [5.41, 5.74) is 4.85. The summed E-state index contributed by atoms with van der Waals surface area (Å²) in [6.07, 6.45) is 0.882. The minimum absolute atomic E-state index is 0.0727. The molecular weight excluding hydrogens is 338 g/mol. The van der Waals surface area contributed by atoms with E-state index in [0.29, 0.717) is 5.75 Å². The zero-order valence-corrected chi connectivity index (χ0v) is 16.0. The highest BCUT2D eigenvalue weighted by Gasteiger charge is 2.13. The molecule has 1 unspecified atom stereocenters. The van der Waals surface area contributed by atoms with Gasteiger partial charge in [-0.2, -0.15) is 0 Å². The number of amides is 1. The summed E-state index contributed by atoms with van der Waals surface area (Å²) in [4.78, 5) is 12.2. The summed E-state index contributed by atoms with van der Waals surface area (Å²) < 4.78 is 0. The van der Waals surface area contributed by atoms with Crippen LogP contribution in [0, 0.1) is 13.8 Å². The second-order valence-electron chi connectivity index (χ2n) is 5.99. The Kier molecular flexibility index (Phi) is 7.19. The topological polar surface area (TPSA) is 29.1 Å². The van der Waals surface area contributed by atoms with E-state index in [2.05, 4.69) is 44.3 Å². The number of rotatable bonds is 7. The largest absolute Gasteiger partial charge is 0.349 e. The Morgan fingerprint density at radius 2 is 1.96 bits per heavy atom. The summed E-state index contributed by atoms with van der Waals surface area (Å²) in [7, 11) is 0. The quantitative estimate of drug-likeness (QED) is 0.709. The predicted octanol–water partition coefficient (Wildman–Crippen LogP) is 5.46. The van der Waals surface area contributed by atoms with Crippen molar-refractivity contribution in [2.24, 2.45) is 0 Å². The first-order valence-corrected chi connectivity index (χ1v) is 9.71. The van der Waals surface area contributed by atoms with Crippen molar-refractivity contribution < 1.29 is 4.79 Å². The van der Waals surface area contributed by atoms with Gasteiger partial charge in [0.05, 0.1) is 11.8 Å². The van der Waals surface area contributed by atoms with Gasteiger partial charge in [-0.1, -0.05) is 48.9 Å². The summed E-state index contributed by atoms with van der Waals surface area (Å²) in [5, 5.41) is 3.88. The van der Waals surface area contributed by atoms with Crippen LogP contribution in [0.1, 0.15) is 41.6 Å². The van der Waals surface area contributed by atoms with Crippen molar-refractivity contribution in [3.8, 4) is 0 Å². The molecule has 2 aromatic carbocycles. The monoisotopic (exact) mass is 361 g/mol. The first-order valence-electron chi connectivity index (χ1n) is 8.18. The molecule has 0 aromatic heterocycles. The predicted molar refractivity (Wildman–Crippen MR) is 105 cm³/mol. The van der Waals surface area contributed by atoms with Crippen molar-refractivity contribution in [1.82, 2.24) is 5.32 Å². The maximum absolute atomic E-state index is 12.2. The summed E-state index contributed by atoms with van der Waals surface area (Å²) in [6.45, 7) is 6.30. The van der Waals surface area contributed by atoms with E-state index in [-0.39, 0.29) is 11.9 Å². The molecule has 0 saturated carbocycles. The molecule has 0 spiro atoms. The van der Waals surface area contributed by atoms with Crippen molar-refractivity contribution in [2.45, 2.75) is 39.0 Å². The van der Waals surface area contributed by atoms with Gasteiger partial charge in [0.2, 0.25) is 5.91 Å². The van der Waals surface area contributed by atoms with Crippen LogP contribution in [-0.2, 0) is 10.5 Å². The van der Waals surface area contributed by atoms with E-state index in [9.17, 15) is 4.79 Å². The van der Waals surface area contributed by atoms with E-state index in [1.165, 1.54) is 16.7 Å². The van der Waals surface area contributed by atoms with E-state index in [0.717, 1.165) is 22.8 Å². The maximum Gasteiger partial charge on any atom is 0.230 e. The fraction of sp³-hybridized carbons (Fsp3) is 0.350. The zero-order chi connectivity index (χ0) is 17.5. The lowest BCUT2D eigenvalue weighted by molar-refractivity contribution is -0.119. The summed E-state index contributed by atoms with van der Waals surface area (Å²) in [5.74, 6) is 1.31. The molecule has 1 atom stereocenters. The normalized spacial score (nSPS) is 12.0. The van der Waals surface area contributed by atoms with Crippen LogP contribution in [0.25, 0.3) is 0 Å². The van der Waals surface area contributed by atoms with Crippen LogP contribution in [0.15, 0.2) is 42.5 Å². The Labute approximate surface area is 154 Å². The van der Waals surface area contributed by atoms with E-state index in [1.54, 1.807) is 11.8 Å². The lowest BCUT2D eigenvalue weighted by Crippen LogP contribution is -2.29. The molecule has 4 heteroatoms. The third kappa shape index (κ3) is 5.57. The van der Waals surface area contributed by atoms with E-state index in [4.69, 9.17) is 11.6 Å². The molecule has 2 nitrogen and oxygen atoms in total. The Bertz CT molecular complexity index is 702. The van der Waals surface area contributed by atoms with Crippen molar-refractivity contribution in [3.05, 3.63) is 69.7 Å². The lowest BCUT2D eigenvalue weighted by Gasteiger charge is -2.18. The smallest absolute Gasteiger partial charge is 0.230 e. The highest BCUT2D eigenvalue weighted by Crippen LogP contribution is 2.21. The zero-order valence-electron chi connectivity index (χ0n) is 14.4. The third-order valence-electron chi connectivity index (χ3n) is 4.07. The van der Waals surface area contributed by atoms with Gasteiger partial charge in [-0.3, -0.25) is 4.79 Å². The molecule has 0 heterocycles. The molecule has 1 N–H and O–H groups in total. The fourth-order valence-corrected chi connectivity index (χ4v) is 3.53. The van der Waals surface area contributed by atoms with Gasteiger partial charge in [0, 0.05) is 10.8 Å². The highest BCUT2D eigenvalue weighted by atomic mass is 35.5. The Morgan fingerprint density at radius 3 is 2.62 bits per heavy atom. The van der Waals surface area contributed by atoms with Crippen molar-refractivity contribution >= 4 is 29.3 Å². The van der Waals surface area contributed by atoms with Crippen molar-refractivity contribution in [3.63, 3.8) is 0 Å². The molecule has 0 fully saturated rings. The number of carbonyl (C=O) groups is 1. The molecule has 1 amide bonds. The third-order valence-corrected chi connectivity index (χ3v) is 5.31. The molecule has 2 aromatic rings. The molecule has 0 aliphatic rings. The van der Waals surface area contributed by atoms with Crippen LogP contribution < -0.4 is 5.32 Å². The number of thioether (sulfide) groups is 1. The van der Waals surface area contributed by atoms with Crippen LogP contribution in [0.4, 0.5) is 0 Å². The summed E-state index contributed by atoms with van der Waals surface area (Å²) >= 11 is 7.58. The van der Waals surface area contributed by atoms with Crippen LogP contribution in [0.2, 0.25) is 5.02 Å². The van der Waals surface area contributed by atoms with Gasteiger partial charge in [-0.15, -0.1) is 11.8 Å². The Balaban J connectivity index is 1.86. The number of halogens is 1. The molecule has 0 aliphatic heterocycles. The summed E-state index contributed by atoms with van der Waals surface area (Å²) in [6, 6.07) is 14.2. The molecule has 0 bridgehead atoms. The first kappa shape index (κ1) is 18.9. The van der Waals surface area contributed by atoms with Gasteiger partial charge >= 0.3 is 0 Å². The van der Waals surface area contributed by atoms with E-state index in [1.807, 2.05) is 24.3 Å². The van der Waals surface area contributed by atoms with Gasteiger partial charge in [0.1, 0.15) is 0 Å². The second-order valence-corrected chi connectivity index (χ2v) is 7.42. The van der Waals surface area contributed by atoms with Crippen molar-refractivity contribution in [1.29, 1.82) is 0 Å². The number of carbonyl (C=O) groups excluding carboxylic acids is 1. The maximum atomic E-state index is 12.2. The number of nitrogens with one attached hydrogen (secondary N) is 1. The van der Waals surface area contributed by atoms with Gasteiger partial charge < -0.3 is 5.32 Å². The van der Waals surface area contributed by atoms with Crippen LogP contribution in [0.3, 0.4) is 0 Å². The minimum atomic E-state index is 0.0727. The van der Waals surface area contributed by atoms with Gasteiger partial charge in [0.25, 0.3) is 0 Å². The Hall–Kier alpha value is -1.45. The number of aryl methyl sites for hydroxylation is 2. The number of benzene rings is 2. The lowest BCUT2D eigenvalue weighted by atomic mass is 9.99. The Morgan fingerprint density at radius 1 is 1.17 bits per heavy atom. The number of hydrogen-bond acceptors (Lipinski definition) is 2. The average molecular weight is 362 g/mol. The van der Waals surface area contributed by atoms with Gasteiger partial charge in [-0.25, -0.2) is 0 Å². The van der Waals surface area contributed by atoms with Crippen LogP contribution >= 0.6 is 23.4 Å². The van der Waals surface area contributed by atoms with Crippen LogP contribution in [0.5, 0.6) is 0 Å². The van der Waals surface area contributed by atoms with Crippen LogP contribution in [-0.4, -0.2) is 11.7 Å². The second kappa shape index (κ2) is 9.14. The molecular formula is C20H24ClNOS. The molecule has 0 radical (unpaired) electrons. The molecule has 0 aliphatic carbocycles. The average Bonchev–Trinajstić information content (AvgIpc) is 2.55. The van der Waals surface area contributed by atoms with Crippen molar-refractivity contribution in [2.75, 3.05) is 5.75 Å². The van der Waals surface area contributed by atoms with Gasteiger partial charge in [0.15, 0.2) is 0 Å². The minimum Gasteiger partial charge on any atom is -0.349 e. The van der Waals surface area contributed by atoms with E-state index < -0.39 is 0 Å². The standard InChI is InChI=1S/C20H24ClNOS/c1-4-19(17-9-8-14(2)15(3)10-17)22-20(23)13-24-12-16-6-5-7-18(21)11-16/h5-11,19H,4,12-13H2,1-3H3,(H,22,23). The molecule has 24 heavy (non-hydrogen) atoms. The SMILES string of the molecule is CCC(NC(=O)CSCc1cccc(Cl)c1)c1ccc(C)c(C)c1. The van der Waals surface area contributed by atoms with Gasteiger partial charge in [-0.05, 0) is 54.7 Å². The molecule has 2 rings (SSSR count). The first-order chi connectivity index (χ1) is 11.5. The van der Waals surface area contributed by atoms with E-state index >= 15 is 0 Å². The fourth-order valence-electron chi connectivity index (χ4n) is 2.53. The number of hydrogen-bond donors (Lipinski definition) is 1. The molecule has 0 saturated heterocycles. The molecule has 128 valence electrons.